The quantitative estimate of drug-likeness (QED) is 0.738. The molecule has 0 aliphatic carbocycles. The van der Waals surface area contributed by atoms with Crippen LogP contribution in [0.4, 0.5) is 0 Å². The van der Waals surface area contributed by atoms with Crippen LogP contribution in [-0.2, 0) is 6.42 Å². The van der Waals surface area contributed by atoms with Crippen LogP contribution in [0.15, 0.2) is 12.1 Å². The van der Waals surface area contributed by atoms with Crippen LogP contribution in [0.3, 0.4) is 0 Å². The first-order chi connectivity index (χ1) is 9.20. The maximum Gasteiger partial charge on any atom is 0.231 e. The lowest BCUT2D eigenvalue weighted by Crippen LogP contribution is -2.22. The number of hydrogen-bond donors (Lipinski definition) is 2. The second-order valence-electron chi connectivity index (χ2n) is 5.26. The summed E-state index contributed by atoms with van der Waals surface area (Å²) in [6.45, 7) is 7.42. The van der Waals surface area contributed by atoms with Gasteiger partial charge in [0.05, 0.1) is 0 Å². The van der Waals surface area contributed by atoms with Crippen LogP contribution in [0.2, 0.25) is 0 Å². The predicted octanol–water partition coefficient (Wildman–Crippen LogP) is 1.84. The van der Waals surface area contributed by atoms with Crippen LogP contribution in [0.25, 0.3) is 0 Å². The fourth-order valence-corrected chi connectivity index (χ4v) is 2.17. The van der Waals surface area contributed by atoms with Gasteiger partial charge in [-0.25, -0.2) is 0 Å². The molecular formula is C15H24N2O2. The Morgan fingerprint density at radius 1 is 1.26 bits per heavy atom. The van der Waals surface area contributed by atoms with E-state index in [1.807, 2.05) is 0 Å². The van der Waals surface area contributed by atoms with Gasteiger partial charge in [0, 0.05) is 0 Å². The van der Waals surface area contributed by atoms with Gasteiger partial charge in [-0.2, -0.15) is 0 Å². The van der Waals surface area contributed by atoms with Crippen LogP contribution >= 0.6 is 0 Å². The van der Waals surface area contributed by atoms with Gasteiger partial charge in [-0.05, 0) is 68.6 Å². The van der Waals surface area contributed by atoms with Gasteiger partial charge >= 0.3 is 0 Å². The lowest BCUT2D eigenvalue weighted by atomic mass is 10.0. The second kappa shape index (κ2) is 6.78. The number of aryl methyl sites for hydroxylation is 1. The summed E-state index contributed by atoms with van der Waals surface area (Å²) in [7, 11) is 0. The van der Waals surface area contributed by atoms with E-state index >= 15 is 0 Å². The molecule has 3 N–H and O–H groups in total. The average Bonchev–Trinajstić information content (AvgIpc) is 2.85. The maximum absolute atomic E-state index is 5.60. The van der Waals surface area contributed by atoms with Crippen LogP contribution < -0.4 is 20.5 Å². The number of fused-ring (bicyclic) bond motifs is 1. The summed E-state index contributed by atoms with van der Waals surface area (Å²) in [5.41, 5.74) is 8.18. The Labute approximate surface area is 115 Å². The summed E-state index contributed by atoms with van der Waals surface area (Å²) in [6, 6.07) is 4.16. The summed E-state index contributed by atoms with van der Waals surface area (Å²) in [4.78, 5) is 0. The standard InChI is InChI=1S/C15H24N2O2/c1-11(9-16)3-5-17-6-4-13-8-15-14(7-12(13)2)18-10-19-15/h7-8,11,17H,3-6,9-10,16H2,1-2H3. The molecule has 2 rings (SSSR count). The molecule has 0 amide bonds. The highest BCUT2D eigenvalue weighted by atomic mass is 16.7. The Balaban J connectivity index is 1.77. The molecule has 19 heavy (non-hydrogen) atoms. The zero-order valence-electron chi connectivity index (χ0n) is 11.9. The van der Waals surface area contributed by atoms with E-state index < -0.39 is 0 Å². The van der Waals surface area contributed by atoms with Crippen molar-refractivity contribution < 1.29 is 9.47 Å². The summed E-state index contributed by atoms with van der Waals surface area (Å²) >= 11 is 0. The number of nitrogens with two attached hydrogens (primary N) is 1. The Hall–Kier alpha value is -1.26. The SMILES string of the molecule is Cc1cc2c(cc1CCNCCC(C)CN)OCO2. The van der Waals surface area contributed by atoms with Crippen LogP contribution in [0.1, 0.15) is 24.5 Å². The van der Waals surface area contributed by atoms with Gasteiger partial charge in [-0.15, -0.1) is 0 Å². The van der Waals surface area contributed by atoms with E-state index in [9.17, 15) is 0 Å². The number of rotatable bonds is 7. The molecule has 1 aromatic rings. The fraction of sp³-hybridized carbons (Fsp3) is 0.600. The monoisotopic (exact) mass is 264 g/mol. The molecule has 1 aromatic carbocycles. The Morgan fingerprint density at radius 2 is 2.00 bits per heavy atom. The van der Waals surface area contributed by atoms with Gasteiger partial charge in [-0.1, -0.05) is 6.92 Å². The first kappa shape index (κ1) is 14.2. The zero-order chi connectivity index (χ0) is 13.7. The molecule has 1 aliphatic rings. The lowest BCUT2D eigenvalue weighted by Gasteiger charge is -2.11. The molecule has 0 fully saturated rings. The van der Waals surface area contributed by atoms with Crippen LogP contribution in [0, 0.1) is 12.8 Å². The molecule has 0 saturated carbocycles. The normalized spacial score (nSPS) is 14.7. The van der Waals surface area contributed by atoms with Crippen LogP contribution in [0.5, 0.6) is 11.5 Å². The maximum atomic E-state index is 5.60. The number of benzene rings is 1. The van der Waals surface area contributed by atoms with Crippen molar-refractivity contribution in [2.24, 2.45) is 11.7 Å². The fourth-order valence-electron chi connectivity index (χ4n) is 2.17. The molecule has 1 aliphatic heterocycles. The van der Waals surface area contributed by atoms with Crippen LogP contribution in [-0.4, -0.2) is 26.4 Å². The smallest absolute Gasteiger partial charge is 0.231 e. The van der Waals surface area contributed by atoms with E-state index in [4.69, 9.17) is 15.2 Å². The van der Waals surface area contributed by atoms with Gasteiger partial charge in [0.15, 0.2) is 11.5 Å². The number of hydrogen-bond acceptors (Lipinski definition) is 4. The summed E-state index contributed by atoms with van der Waals surface area (Å²) in [5.74, 6) is 2.34. The molecule has 1 unspecified atom stereocenters. The Bertz CT molecular complexity index is 421. The third-order valence-corrected chi connectivity index (χ3v) is 3.62. The minimum atomic E-state index is 0.341. The zero-order valence-corrected chi connectivity index (χ0v) is 11.9. The molecule has 0 bridgehead atoms. The Kier molecular flexibility index (Phi) is 5.05. The van der Waals surface area contributed by atoms with Crippen molar-refractivity contribution in [3.8, 4) is 11.5 Å². The van der Waals surface area contributed by atoms with E-state index in [0.717, 1.165) is 44.0 Å². The highest BCUT2D eigenvalue weighted by Gasteiger charge is 2.15. The van der Waals surface area contributed by atoms with Crippen molar-refractivity contribution in [1.82, 2.24) is 5.32 Å². The molecule has 1 atom stereocenters. The van der Waals surface area contributed by atoms with Gasteiger partial charge in [-0.3, -0.25) is 0 Å². The first-order valence-electron chi connectivity index (χ1n) is 7.00. The number of nitrogens with one attached hydrogen (secondary N) is 1. The highest BCUT2D eigenvalue weighted by molar-refractivity contribution is 5.48. The van der Waals surface area contributed by atoms with E-state index in [1.54, 1.807) is 0 Å². The molecule has 4 nitrogen and oxygen atoms in total. The minimum Gasteiger partial charge on any atom is -0.454 e. The van der Waals surface area contributed by atoms with Crippen molar-refractivity contribution in [3.05, 3.63) is 23.3 Å². The predicted molar refractivity (Wildman–Crippen MR) is 76.7 cm³/mol. The van der Waals surface area contributed by atoms with E-state index in [0.29, 0.717) is 12.7 Å². The third-order valence-electron chi connectivity index (χ3n) is 3.62. The van der Waals surface area contributed by atoms with E-state index in [2.05, 4.69) is 31.3 Å². The molecule has 0 saturated heterocycles. The molecule has 0 spiro atoms. The second-order valence-corrected chi connectivity index (χ2v) is 5.26. The molecule has 0 radical (unpaired) electrons. The average molecular weight is 264 g/mol. The lowest BCUT2D eigenvalue weighted by molar-refractivity contribution is 0.174. The third kappa shape index (κ3) is 3.85. The molecule has 1 heterocycles. The molecule has 106 valence electrons. The van der Waals surface area contributed by atoms with Crippen molar-refractivity contribution in [2.75, 3.05) is 26.4 Å². The molecule has 0 aromatic heterocycles. The summed E-state index contributed by atoms with van der Waals surface area (Å²) in [5, 5.41) is 3.47. The van der Waals surface area contributed by atoms with Gasteiger partial charge in [0.25, 0.3) is 0 Å². The van der Waals surface area contributed by atoms with Crippen molar-refractivity contribution in [3.63, 3.8) is 0 Å². The van der Waals surface area contributed by atoms with E-state index in [-0.39, 0.29) is 0 Å². The van der Waals surface area contributed by atoms with Crippen molar-refractivity contribution in [1.29, 1.82) is 0 Å². The van der Waals surface area contributed by atoms with Crippen molar-refractivity contribution in [2.45, 2.75) is 26.7 Å². The largest absolute Gasteiger partial charge is 0.454 e. The summed E-state index contributed by atoms with van der Waals surface area (Å²) < 4.78 is 10.8. The molecular weight excluding hydrogens is 240 g/mol. The molecule has 4 heteroatoms. The Morgan fingerprint density at radius 3 is 2.74 bits per heavy atom. The minimum absolute atomic E-state index is 0.341. The number of ether oxygens (including phenoxy) is 2. The topological polar surface area (TPSA) is 56.5 Å². The van der Waals surface area contributed by atoms with Gasteiger partial charge in [0.1, 0.15) is 0 Å². The summed E-state index contributed by atoms with van der Waals surface area (Å²) in [6.07, 6.45) is 2.15. The van der Waals surface area contributed by atoms with Gasteiger partial charge in [0.2, 0.25) is 6.79 Å². The van der Waals surface area contributed by atoms with E-state index in [1.165, 1.54) is 11.1 Å². The van der Waals surface area contributed by atoms with Gasteiger partial charge < -0.3 is 20.5 Å². The van der Waals surface area contributed by atoms with Crippen molar-refractivity contribution >= 4 is 0 Å². The highest BCUT2D eigenvalue weighted by Crippen LogP contribution is 2.34. The first-order valence-corrected chi connectivity index (χ1v) is 7.00.